The van der Waals surface area contributed by atoms with Crippen LogP contribution in [0, 0.1) is 17.8 Å². The van der Waals surface area contributed by atoms with Gasteiger partial charge >= 0.3 is 0 Å². The number of ether oxygens (including phenoxy) is 1. The van der Waals surface area contributed by atoms with Crippen LogP contribution in [0.25, 0.3) is 0 Å². The second-order valence-corrected chi connectivity index (χ2v) is 5.54. The second-order valence-electron chi connectivity index (χ2n) is 5.54. The molecule has 3 heteroatoms. The molecule has 2 atom stereocenters. The summed E-state index contributed by atoms with van der Waals surface area (Å²) in [6.07, 6.45) is 0. The van der Waals surface area contributed by atoms with E-state index in [9.17, 15) is 0 Å². The first-order chi connectivity index (χ1) is 7.63. The molecular formula is C13H28N2O. The maximum Gasteiger partial charge on any atom is 0.0589 e. The van der Waals surface area contributed by atoms with Gasteiger partial charge in [-0.15, -0.1) is 0 Å². The molecule has 1 heterocycles. The van der Waals surface area contributed by atoms with Gasteiger partial charge in [-0.05, 0) is 30.8 Å². The Morgan fingerprint density at radius 1 is 1.38 bits per heavy atom. The third-order valence-electron chi connectivity index (χ3n) is 3.41. The highest BCUT2D eigenvalue weighted by molar-refractivity contribution is 4.80. The highest BCUT2D eigenvalue weighted by Crippen LogP contribution is 2.17. The van der Waals surface area contributed by atoms with Crippen LogP contribution in [0.1, 0.15) is 20.8 Å². The Kier molecular flexibility index (Phi) is 6.32. The van der Waals surface area contributed by atoms with Gasteiger partial charge in [-0.3, -0.25) is 0 Å². The molecule has 0 bridgehead atoms. The fourth-order valence-electron chi connectivity index (χ4n) is 2.43. The molecule has 1 N–H and O–H groups in total. The minimum atomic E-state index is 0.738. The van der Waals surface area contributed by atoms with Crippen molar-refractivity contribution in [2.75, 3.05) is 46.4 Å². The number of hydrogen-bond acceptors (Lipinski definition) is 3. The van der Waals surface area contributed by atoms with Crippen LogP contribution in [-0.2, 0) is 4.74 Å². The monoisotopic (exact) mass is 228 g/mol. The molecule has 1 aliphatic rings. The predicted octanol–water partition coefficient (Wildman–Crippen LogP) is 1.45. The average molecular weight is 228 g/mol. The van der Waals surface area contributed by atoms with Crippen LogP contribution in [0.15, 0.2) is 0 Å². The minimum Gasteiger partial charge on any atom is -0.383 e. The number of hydrogen-bond donors (Lipinski definition) is 1. The van der Waals surface area contributed by atoms with Gasteiger partial charge in [-0.25, -0.2) is 0 Å². The molecular weight excluding hydrogens is 200 g/mol. The summed E-state index contributed by atoms with van der Waals surface area (Å²) < 4.78 is 5.19. The lowest BCUT2D eigenvalue weighted by atomic mass is 9.97. The van der Waals surface area contributed by atoms with Crippen LogP contribution in [-0.4, -0.2) is 51.3 Å². The van der Waals surface area contributed by atoms with Gasteiger partial charge in [0.05, 0.1) is 6.61 Å². The quantitative estimate of drug-likeness (QED) is 0.714. The smallest absolute Gasteiger partial charge is 0.0589 e. The van der Waals surface area contributed by atoms with Crippen LogP contribution in [0.3, 0.4) is 0 Å². The standard InChI is InChI=1S/C13H28N2O/c1-11(2)9-15(5-6-16-4)10-13-8-14-7-12(13)3/h11-14H,5-10H2,1-4H3. The SMILES string of the molecule is COCCN(CC(C)C)CC1CNCC1C. The third kappa shape index (κ3) is 4.81. The first kappa shape index (κ1) is 13.9. The Morgan fingerprint density at radius 3 is 2.62 bits per heavy atom. The lowest BCUT2D eigenvalue weighted by Crippen LogP contribution is -2.37. The lowest BCUT2D eigenvalue weighted by Gasteiger charge is -2.28. The molecule has 0 aromatic heterocycles. The van der Waals surface area contributed by atoms with Crippen LogP contribution in [0.5, 0.6) is 0 Å². The Hall–Kier alpha value is -0.120. The van der Waals surface area contributed by atoms with Gasteiger partial charge in [-0.1, -0.05) is 20.8 Å². The van der Waals surface area contributed by atoms with E-state index in [0.29, 0.717) is 0 Å². The Morgan fingerprint density at radius 2 is 2.12 bits per heavy atom. The summed E-state index contributed by atoms with van der Waals surface area (Å²) in [7, 11) is 1.79. The molecule has 2 unspecified atom stereocenters. The van der Waals surface area contributed by atoms with E-state index in [1.807, 2.05) is 0 Å². The second kappa shape index (κ2) is 7.25. The molecule has 1 rings (SSSR count). The largest absolute Gasteiger partial charge is 0.383 e. The van der Waals surface area contributed by atoms with E-state index in [-0.39, 0.29) is 0 Å². The molecule has 0 aliphatic carbocycles. The van der Waals surface area contributed by atoms with E-state index >= 15 is 0 Å². The zero-order valence-electron chi connectivity index (χ0n) is 11.3. The van der Waals surface area contributed by atoms with Gasteiger partial charge in [0.2, 0.25) is 0 Å². The van der Waals surface area contributed by atoms with E-state index in [1.165, 1.54) is 26.2 Å². The highest BCUT2D eigenvalue weighted by atomic mass is 16.5. The van der Waals surface area contributed by atoms with E-state index in [2.05, 4.69) is 31.0 Å². The minimum absolute atomic E-state index is 0.738. The first-order valence-corrected chi connectivity index (χ1v) is 6.55. The van der Waals surface area contributed by atoms with Gasteiger partial charge in [0.15, 0.2) is 0 Å². The van der Waals surface area contributed by atoms with Crippen molar-refractivity contribution in [1.29, 1.82) is 0 Å². The molecule has 0 saturated carbocycles. The summed E-state index contributed by atoms with van der Waals surface area (Å²) in [5.74, 6) is 2.37. The maximum absolute atomic E-state index is 5.19. The average Bonchev–Trinajstić information content (AvgIpc) is 2.60. The van der Waals surface area contributed by atoms with Crippen LogP contribution in [0.2, 0.25) is 0 Å². The normalized spacial score (nSPS) is 25.9. The van der Waals surface area contributed by atoms with Crippen molar-refractivity contribution in [2.45, 2.75) is 20.8 Å². The summed E-state index contributed by atoms with van der Waals surface area (Å²) in [6, 6.07) is 0. The Bertz CT molecular complexity index is 185. The van der Waals surface area contributed by atoms with Gasteiger partial charge in [0.25, 0.3) is 0 Å². The lowest BCUT2D eigenvalue weighted by molar-refractivity contribution is 0.125. The van der Waals surface area contributed by atoms with Crippen molar-refractivity contribution in [2.24, 2.45) is 17.8 Å². The molecule has 16 heavy (non-hydrogen) atoms. The zero-order chi connectivity index (χ0) is 12.0. The van der Waals surface area contributed by atoms with Crippen LogP contribution < -0.4 is 5.32 Å². The Labute approximate surface area is 101 Å². The van der Waals surface area contributed by atoms with Gasteiger partial charge < -0.3 is 15.0 Å². The van der Waals surface area contributed by atoms with Gasteiger partial charge in [-0.2, -0.15) is 0 Å². The summed E-state index contributed by atoms with van der Waals surface area (Å²) >= 11 is 0. The van der Waals surface area contributed by atoms with Gasteiger partial charge in [0.1, 0.15) is 0 Å². The zero-order valence-corrected chi connectivity index (χ0v) is 11.3. The summed E-state index contributed by atoms with van der Waals surface area (Å²) in [5, 5.41) is 3.48. The van der Waals surface area contributed by atoms with Crippen molar-refractivity contribution in [3.05, 3.63) is 0 Å². The topological polar surface area (TPSA) is 24.5 Å². The van der Waals surface area contributed by atoms with Crippen molar-refractivity contribution < 1.29 is 4.74 Å². The number of nitrogens with zero attached hydrogens (tertiary/aromatic N) is 1. The molecule has 1 saturated heterocycles. The van der Waals surface area contributed by atoms with Gasteiger partial charge in [0, 0.05) is 26.7 Å². The van der Waals surface area contributed by atoms with E-state index < -0.39 is 0 Å². The Balaban J connectivity index is 2.35. The molecule has 0 amide bonds. The molecule has 0 spiro atoms. The van der Waals surface area contributed by atoms with Crippen molar-refractivity contribution in [1.82, 2.24) is 10.2 Å². The van der Waals surface area contributed by atoms with Crippen molar-refractivity contribution in [3.8, 4) is 0 Å². The van der Waals surface area contributed by atoms with E-state index in [1.54, 1.807) is 7.11 Å². The number of nitrogens with one attached hydrogen (secondary N) is 1. The van der Waals surface area contributed by atoms with Crippen molar-refractivity contribution in [3.63, 3.8) is 0 Å². The summed E-state index contributed by atoms with van der Waals surface area (Å²) in [4.78, 5) is 2.56. The summed E-state index contributed by atoms with van der Waals surface area (Å²) in [6.45, 7) is 13.6. The fraction of sp³-hybridized carbons (Fsp3) is 1.00. The molecule has 1 fully saturated rings. The molecule has 0 aromatic carbocycles. The summed E-state index contributed by atoms with van der Waals surface area (Å²) in [5.41, 5.74) is 0. The van der Waals surface area contributed by atoms with Crippen LogP contribution >= 0.6 is 0 Å². The first-order valence-electron chi connectivity index (χ1n) is 6.55. The highest BCUT2D eigenvalue weighted by Gasteiger charge is 2.25. The van der Waals surface area contributed by atoms with E-state index in [0.717, 1.165) is 30.9 Å². The molecule has 3 nitrogen and oxygen atoms in total. The maximum atomic E-state index is 5.19. The van der Waals surface area contributed by atoms with Crippen LogP contribution in [0.4, 0.5) is 0 Å². The van der Waals surface area contributed by atoms with Crippen molar-refractivity contribution >= 4 is 0 Å². The van der Waals surface area contributed by atoms with E-state index in [4.69, 9.17) is 4.74 Å². The molecule has 1 aliphatic heterocycles. The fourth-order valence-corrected chi connectivity index (χ4v) is 2.43. The molecule has 0 radical (unpaired) electrons. The number of methoxy groups -OCH3 is 1. The molecule has 0 aromatic rings. The number of rotatable bonds is 7. The predicted molar refractivity (Wildman–Crippen MR) is 68.7 cm³/mol. The molecule has 96 valence electrons. The third-order valence-corrected chi connectivity index (χ3v) is 3.41.